The molecule has 0 aliphatic carbocycles. The maximum absolute atomic E-state index is 12.5. The first-order valence-electron chi connectivity index (χ1n) is 38.9. The highest BCUT2D eigenvalue weighted by Gasteiger charge is 2.18. The van der Waals surface area contributed by atoms with Gasteiger partial charge in [-0.05, 0) is 89.9 Å². The van der Waals surface area contributed by atoms with Crippen molar-refractivity contribution in [1.82, 2.24) is 5.32 Å². The Labute approximate surface area is 537 Å². The Bertz CT molecular complexity index is 1440. The van der Waals surface area contributed by atoms with Crippen LogP contribution in [0.1, 0.15) is 425 Å². The summed E-state index contributed by atoms with van der Waals surface area (Å²) in [7, 11) is 0. The van der Waals surface area contributed by atoms with E-state index in [0.29, 0.717) is 19.4 Å². The van der Waals surface area contributed by atoms with Crippen molar-refractivity contribution in [2.75, 3.05) is 13.2 Å². The fraction of sp³-hybridized carbons (Fsp3) is 0.875. The van der Waals surface area contributed by atoms with E-state index in [1.54, 1.807) is 6.08 Å². The van der Waals surface area contributed by atoms with Gasteiger partial charge in [-0.1, -0.05) is 371 Å². The minimum absolute atomic E-state index is 0.00833. The van der Waals surface area contributed by atoms with Crippen LogP contribution in [-0.4, -0.2) is 47.4 Å². The largest absolute Gasteiger partial charge is 0.466 e. The van der Waals surface area contributed by atoms with Crippen LogP contribution in [0.25, 0.3) is 0 Å². The number of ether oxygens (including phenoxy) is 1. The van der Waals surface area contributed by atoms with Crippen molar-refractivity contribution < 1.29 is 24.5 Å². The summed E-state index contributed by atoms with van der Waals surface area (Å²) in [4.78, 5) is 24.6. The number of nitrogens with one attached hydrogen (secondary N) is 1. The second-order valence-electron chi connectivity index (χ2n) is 26.7. The lowest BCUT2D eigenvalue weighted by Gasteiger charge is -2.20. The molecule has 0 fully saturated rings. The number of amides is 1. The Kier molecular flexibility index (Phi) is 73.4. The molecule has 2 atom stereocenters. The van der Waals surface area contributed by atoms with Crippen molar-refractivity contribution in [2.45, 2.75) is 437 Å². The molecule has 0 aromatic heterocycles. The predicted octanol–water partition coefficient (Wildman–Crippen LogP) is 25.6. The molecule has 1 amide bonds. The SMILES string of the molecule is CCCCCCC/C=C\CCCCCCCC(=O)OCCCCCCCCCCCCC/C=C\C/C=C\CCCCCCCCCCCCCCCCCCCC(=O)NC(CO)C(O)/C=C/CCCCCCCCCCCCCCCCCCCC. The van der Waals surface area contributed by atoms with E-state index in [0.717, 1.165) is 51.4 Å². The molecular weight excluding hydrogens is 1050 g/mol. The summed E-state index contributed by atoms with van der Waals surface area (Å²) in [5.74, 6) is -0.0536. The highest BCUT2D eigenvalue weighted by atomic mass is 16.5. The number of hydrogen-bond donors (Lipinski definition) is 3. The summed E-state index contributed by atoms with van der Waals surface area (Å²) >= 11 is 0. The van der Waals surface area contributed by atoms with Gasteiger partial charge in [0.25, 0.3) is 0 Å². The fourth-order valence-electron chi connectivity index (χ4n) is 12.1. The molecular formula is C80H151NO5. The lowest BCUT2D eigenvalue weighted by atomic mass is 10.0. The number of unbranched alkanes of at least 4 members (excludes halogenated alkanes) is 56. The minimum Gasteiger partial charge on any atom is -0.466 e. The number of rotatable bonds is 73. The van der Waals surface area contributed by atoms with Crippen LogP contribution in [0.3, 0.4) is 0 Å². The monoisotopic (exact) mass is 1210 g/mol. The number of allylic oxidation sites excluding steroid dienone is 7. The van der Waals surface area contributed by atoms with Gasteiger partial charge in [0.1, 0.15) is 0 Å². The van der Waals surface area contributed by atoms with Crippen molar-refractivity contribution >= 4 is 11.9 Å². The number of aliphatic hydroxyl groups is 2. The van der Waals surface area contributed by atoms with E-state index < -0.39 is 12.1 Å². The van der Waals surface area contributed by atoms with Gasteiger partial charge in [-0.3, -0.25) is 9.59 Å². The number of aliphatic hydroxyl groups excluding tert-OH is 2. The Balaban J connectivity index is 3.39. The molecule has 0 rings (SSSR count). The molecule has 0 bridgehead atoms. The molecule has 2 unspecified atom stereocenters. The van der Waals surface area contributed by atoms with Crippen LogP contribution >= 0.6 is 0 Å². The van der Waals surface area contributed by atoms with Crippen LogP contribution in [0.4, 0.5) is 0 Å². The van der Waals surface area contributed by atoms with Crippen molar-refractivity contribution in [2.24, 2.45) is 0 Å². The molecule has 0 heterocycles. The zero-order chi connectivity index (χ0) is 62.0. The third-order valence-electron chi connectivity index (χ3n) is 18.1. The fourth-order valence-corrected chi connectivity index (χ4v) is 12.1. The maximum atomic E-state index is 12.5. The maximum Gasteiger partial charge on any atom is 0.305 e. The van der Waals surface area contributed by atoms with Crippen molar-refractivity contribution in [1.29, 1.82) is 0 Å². The van der Waals surface area contributed by atoms with Gasteiger partial charge in [-0.25, -0.2) is 0 Å². The second-order valence-corrected chi connectivity index (χ2v) is 26.7. The summed E-state index contributed by atoms with van der Waals surface area (Å²) in [5, 5.41) is 23.3. The van der Waals surface area contributed by atoms with Gasteiger partial charge >= 0.3 is 5.97 Å². The Morgan fingerprint density at radius 2 is 0.581 bits per heavy atom. The highest BCUT2D eigenvalue weighted by Crippen LogP contribution is 2.19. The van der Waals surface area contributed by atoms with Crippen molar-refractivity contribution in [3.63, 3.8) is 0 Å². The molecule has 0 aliphatic rings. The summed E-state index contributed by atoms with van der Waals surface area (Å²) in [6.45, 7) is 4.93. The van der Waals surface area contributed by atoms with E-state index in [1.165, 1.54) is 347 Å². The van der Waals surface area contributed by atoms with Crippen LogP contribution in [0.15, 0.2) is 48.6 Å². The van der Waals surface area contributed by atoms with Gasteiger partial charge in [0.05, 0.1) is 25.4 Å². The van der Waals surface area contributed by atoms with Crippen molar-refractivity contribution in [3.8, 4) is 0 Å². The normalized spacial score (nSPS) is 12.7. The predicted molar refractivity (Wildman–Crippen MR) is 379 cm³/mol. The molecule has 0 aromatic rings. The zero-order valence-corrected chi connectivity index (χ0v) is 58.1. The summed E-state index contributed by atoms with van der Waals surface area (Å²) in [6, 6.07) is -0.628. The van der Waals surface area contributed by atoms with Crippen LogP contribution in [0.5, 0.6) is 0 Å². The van der Waals surface area contributed by atoms with Gasteiger partial charge < -0.3 is 20.3 Å². The minimum atomic E-state index is -0.844. The molecule has 6 nitrogen and oxygen atoms in total. The topological polar surface area (TPSA) is 95.9 Å². The average molecular weight is 1210 g/mol. The molecule has 0 radical (unpaired) electrons. The number of esters is 1. The van der Waals surface area contributed by atoms with Gasteiger partial charge in [-0.2, -0.15) is 0 Å². The van der Waals surface area contributed by atoms with Gasteiger partial charge in [-0.15, -0.1) is 0 Å². The van der Waals surface area contributed by atoms with E-state index in [9.17, 15) is 19.8 Å². The molecule has 0 saturated carbocycles. The average Bonchev–Trinajstić information content (AvgIpc) is 3.54. The molecule has 506 valence electrons. The Morgan fingerprint density at radius 3 is 0.895 bits per heavy atom. The summed E-state index contributed by atoms with van der Waals surface area (Å²) < 4.78 is 5.49. The van der Waals surface area contributed by atoms with Gasteiger partial charge in [0.15, 0.2) is 0 Å². The summed E-state index contributed by atoms with van der Waals surface area (Å²) in [5.41, 5.74) is 0. The number of carbonyl (C=O) groups excluding carboxylic acids is 2. The number of carbonyl (C=O) groups is 2. The van der Waals surface area contributed by atoms with Crippen molar-refractivity contribution in [3.05, 3.63) is 48.6 Å². The van der Waals surface area contributed by atoms with E-state index in [1.807, 2.05) is 6.08 Å². The van der Waals surface area contributed by atoms with Gasteiger partial charge in [0, 0.05) is 12.8 Å². The van der Waals surface area contributed by atoms with E-state index in [2.05, 4.69) is 55.6 Å². The van der Waals surface area contributed by atoms with Crippen LogP contribution in [0.2, 0.25) is 0 Å². The second kappa shape index (κ2) is 75.3. The first-order valence-corrected chi connectivity index (χ1v) is 38.9. The molecule has 3 N–H and O–H groups in total. The standard InChI is InChI=1S/C80H151NO5/c1-3-5-7-9-11-13-15-17-19-20-21-39-42-45-48-52-56-60-64-68-72-78(83)77(76-82)81-79(84)73-69-65-61-57-53-49-46-43-40-37-35-33-31-29-27-25-23-22-24-26-28-30-32-34-36-38-41-44-47-51-55-59-63-67-71-75-86-80(85)74-70-66-62-58-54-50-18-16-14-12-10-8-6-4-2/h16,18,24,26,30,32,68,72,77-78,82-83H,3-15,17,19-23,25,27-29,31,33-67,69-71,73-76H2,1-2H3,(H,81,84)/b18-16-,26-24-,32-30-,72-68+. The quantitative estimate of drug-likeness (QED) is 0.0320. The smallest absolute Gasteiger partial charge is 0.305 e. The van der Waals surface area contributed by atoms with Crippen LogP contribution in [0, 0.1) is 0 Å². The third kappa shape index (κ3) is 70.9. The van der Waals surface area contributed by atoms with Crippen LogP contribution < -0.4 is 5.32 Å². The van der Waals surface area contributed by atoms with Gasteiger partial charge in [0.2, 0.25) is 5.91 Å². The molecule has 0 aromatic carbocycles. The Morgan fingerprint density at radius 1 is 0.326 bits per heavy atom. The molecule has 0 aliphatic heterocycles. The number of hydrogen-bond acceptors (Lipinski definition) is 5. The lowest BCUT2D eigenvalue weighted by Crippen LogP contribution is -2.45. The molecule has 0 saturated heterocycles. The third-order valence-corrected chi connectivity index (χ3v) is 18.1. The first kappa shape index (κ1) is 83.8. The van der Waals surface area contributed by atoms with E-state index in [-0.39, 0.29) is 18.5 Å². The molecule has 6 heteroatoms. The zero-order valence-electron chi connectivity index (χ0n) is 58.1. The first-order chi connectivity index (χ1) is 42.5. The molecule has 0 spiro atoms. The summed E-state index contributed by atoms with van der Waals surface area (Å²) in [6.07, 6.45) is 99.4. The molecule has 86 heavy (non-hydrogen) atoms. The lowest BCUT2D eigenvalue weighted by molar-refractivity contribution is -0.143. The van der Waals surface area contributed by atoms with E-state index >= 15 is 0 Å². The van der Waals surface area contributed by atoms with E-state index in [4.69, 9.17) is 4.74 Å². The Hall–Kier alpha value is -2.18. The highest BCUT2D eigenvalue weighted by molar-refractivity contribution is 5.76. The van der Waals surface area contributed by atoms with Crippen LogP contribution in [-0.2, 0) is 14.3 Å².